The maximum atomic E-state index is 12.4. The summed E-state index contributed by atoms with van der Waals surface area (Å²) in [5.74, 6) is 2.20. The van der Waals surface area contributed by atoms with E-state index in [1.54, 1.807) is 24.3 Å². The molecule has 0 aromatic heterocycles. The summed E-state index contributed by atoms with van der Waals surface area (Å²) in [4.78, 5) is 12.4. The summed E-state index contributed by atoms with van der Waals surface area (Å²) in [7, 11) is 0. The minimum Gasteiger partial charge on any atom is -0.494 e. The standard InChI is InChI=1S/C30H44O4/c1-4-6-7-8-9-10-11-12-13-14-23-32-27-17-15-26(16-18-27)30(31)34-29-21-19-28(20-22-29)33-24-25(3)5-2/h15-22,25H,4-14,23-24H2,1-3H3. The maximum Gasteiger partial charge on any atom is 0.343 e. The molecular formula is C30H44O4. The first kappa shape index (κ1) is 27.8. The fourth-order valence-corrected chi connectivity index (χ4v) is 3.59. The van der Waals surface area contributed by atoms with Gasteiger partial charge in [-0.15, -0.1) is 0 Å². The van der Waals surface area contributed by atoms with Crippen LogP contribution < -0.4 is 14.2 Å². The molecule has 0 fully saturated rings. The molecule has 188 valence electrons. The minimum absolute atomic E-state index is 0.380. The summed E-state index contributed by atoms with van der Waals surface area (Å²) in [6, 6.07) is 14.3. The van der Waals surface area contributed by atoms with Crippen molar-refractivity contribution in [3.63, 3.8) is 0 Å². The molecule has 0 bridgehead atoms. The topological polar surface area (TPSA) is 44.8 Å². The number of rotatable bonds is 18. The Morgan fingerprint density at radius 1 is 0.676 bits per heavy atom. The third-order valence-electron chi connectivity index (χ3n) is 6.12. The molecule has 0 amide bonds. The van der Waals surface area contributed by atoms with Crippen LogP contribution in [0.1, 0.15) is 102 Å². The molecule has 1 atom stereocenters. The molecule has 34 heavy (non-hydrogen) atoms. The van der Waals surface area contributed by atoms with E-state index in [-0.39, 0.29) is 5.97 Å². The summed E-state index contributed by atoms with van der Waals surface area (Å²) in [6.07, 6.45) is 14.2. The highest BCUT2D eigenvalue weighted by Crippen LogP contribution is 2.21. The number of esters is 1. The Labute approximate surface area is 207 Å². The van der Waals surface area contributed by atoms with Gasteiger partial charge in [-0.1, -0.05) is 85.0 Å². The van der Waals surface area contributed by atoms with Crippen molar-refractivity contribution in [2.75, 3.05) is 13.2 Å². The van der Waals surface area contributed by atoms with Gasteiger partial charge in [-0.3, -0.25) is 0 Å². The Kier molecular flexibility index (Phi) is 13.9. The van der Waals surface area contributed by atoms with Crippen molar-refractivity contribution in [3.8, 4) is 17.2 Å². The van der Waals surface area contributed by atoms with Crippen LogP contribution in [0.15, 0.2) is 48.5 Å². The van der Waals surface area contributed by atoms with E-state index in [0.717, 1.165) is 24.3 Å². The zero-order chi connectivity index (χ0) is 24.4. The fraction of sp³-hybridized carbons (Fsp3) is 0.567. The van der Waals surface area contributed by atoms with Crippen molar-refractivity contribution in [2.45, 2.75) is 91.4 Å². The van der Waals surface area contributed by atoms with Crippen molar-refractivity contribution in [2.24, 2.45) is 5.92 Å². The largest absolute Gasteiger partial charge is 0.494 e. The van der Waals surface area contributed by atoms with Crippen LogP contribution in [0.25, 0.3) is 0 Å². The SMILES string of the molecule is CCCCCCCCCCCCOc1ccc(C(=O)Oc2ccc(OCC(C)CC)cc2)cc1. The molecule has 0 N–H and O–H groups in total. The average Bonchev–Trinajstić information content (AvgIpc) is 2.87. The van der Waals surface area contributed by atoms with Gasteiger partial charge in [0.25, 0.3) is 0 Å². The highest BCUT2D eigenvalue weighted by Gasteiger charge is 2.09. The zero-order valence-corrected chi connectivity index (χ0v) is 21.5. The van der Waals surface area contributed by atoms with Gasteiger partial charge in [0.1, 0.15) is 17.2 Å². The molecule has 2 rings (SSSR count). The third kappa shape index (κ3) is 11.6. The van der Waals surface area contributed by atoms with Crippen LogP contribution in [0.3, 0.4) is 0 Å². The second kappa shape index (κ2) is 17.0. The van der Waals surface area contributed by atoms with Gasteiger partial charge >= 0.3 is 5.97 Å². The van der Waals surface area contributed by atoms with Gasteiger partial charge in [0, 0.05) is 0 Å². The van der Waals surface area contributed by atoms with E-state index >= 15 is 0 Å². The quantitative estimate of drug-likeness (QED) is 0.125. The van der Waals surface area contributed by atoms with Crippen LogP contribution in [0.5, 0.6) is 17.2 Å². The van der Waals surface area contributed by atoms with E-state index in [1.807, 2.05) is 24.3 Å². The van der Waals surface area contributed by atoms with Gasteiger partial charge in [-0.2, -0.15) is 0 Å². The van der Waals surface area contributed by atoms with Crippen molar-refractivity contribution in [3.05, 3.63) is 54.1 Å². The lowest BCUT2D eigenvalue weighted by atomic mass is 10.1. The first-order valence-electron chi connectivity index (χ1n) is 13.3. The zero-order valence-electron chi connectivity index (χ0n) is 21.5. The number of hydrogen-bond donors (Lipinski definition) is 0. The van der Waals surface area contributed by atoms with E-state index in [4.69, 9.17) is 14.2 Å². The van der Waals surface area contributed by atoms with Crippen molar-refractivity contribution in [1.82, 2.24) is 0 Å². The number of unbranched alkanes of at least 4 members (excludes halogenated alkanes) is 9. The molecular weight excluding hydrogens is 424 g/mol. The van der Waals surface area contributed by atoms with Gasteiger partial charge in [0.15, 0.2) is 0 Å². The summed E-state index contributed by atoms with van der Waals surface area (Å²) in [6.45, 7) is 7.96. The van der Waals surface area contributed by atoms with Gasteiger partial charge in [0.05, 0.1) is 18.8 Å². The molecule has 4 heteroatoms. The lowest BCUT2D eigenvalue weighted by Crippen LogP contribution is -2.09. The lowest BCUT2D eigenvalue weighted by molar-refractivity contribution is 0.0734. The Hall–Kier alpha value is -2.49. The maximum absolute atomic E-state index is 12.4. The molecule has 2 aromatic rings. The third-order valence-corrected chi connectivity index (χ3v) is 6.12. The van der Waals surface area contributed by atoms with Gasteiger partial charge < -0.3 is 14.2 Å². The van der Waals surface area contributed by atoms with Gasteiger partial charge in [-0.05, 0) is 60.9 Å². The van der Waals surface area contributed by atoms with Crippen LogP contribution in [0.2, 0.25) is 0 Å². The predicted molar refractivity (Wildman–Crippen MR) is 140 cm³/mol. The van der Waals surface area contributed by atoms with Crippen LogP contribution in [0, 0.1) is 5.92 Å². The Morgan fingerprint density at radius 2 is 1.18 bits per heavy atom. The second-order valence-corrected chi connectivity index (χ2v) is 9.24. The number of ether oxygens (including phenoxy) is 3. The Balaban J connectivity index is 1.61. The first-order valence-corrected chi connectivity index (χ1v) is 13.3. The summed E-state index contributed by atoms with van der Waals surface area (Å²) < 4.78 is 17.0. The molecule has 0 heterocycles. The summed E-state index contributed by atoms with van der Waals surface area (Å²) in [5, 5.41) is 0. The molecule has 0 aliphatic carbocycles. The molecule has 0 aliphatic heterocycles. The Morgan fingerprint density at radius 3 is 1.76 bits per heavy atom. The number of carbonyl (C=O) groups excluding carboxylic acids is 1. The van der Waals surface area contributed by atoms with E-state index in [2.05, 4.69) is 20.8 Å². The van der Waals surface area contributed by atoms with Crippen LogP contribution in [-0.2, 0) is 0 Å². The van der Waals surface area contributed by atoms with Crippen molar-refractivity contribution < 1.29 is 19.0 Å². The molecule has 2 aromatic carbocycles. The molecule has 0 saturated heterocycles. The van der Waals surface area contributed by atoms with Crippen molar-refractivity contribution >= 4 is 5.97 Å². The number of hydrogen-bond acceptors (Lipinski definition) is 4. The summed E-state index contributed by atoms with van der Waals surface area (Å²) >= 11 is 0. The van der Waals surface area contributed by atoms with Crippen molar-refractivity contribution in [1.29, 1.82) is 0 Å². The molecule has 1 unspecified atom stereocenters. The minimum atomic E-state index is -0.380. The normalized spacial score (nSPS) is 11.7. The molecule has 0 aliphatic rings. The lowest BCUT2D eigenvalue weighted by Gasteiger charge is -2.11. The monoisotopic (exact) mass is 468 g/mol. The first-order chi connectivity index (χ1) is 16.6. The second-order valence-electron chi connectivity index (χ2n) is 9.24. The van der Waals surface area contributed by atoms with Crippen LogP contribution in [-0.4, -0.2) is 19.2 Å². The highest BCUT2D eigenvalue weighted by molar-refractivity contribution is 5.91. The molecule has 0 radical (unpaired) electrons. The molecule has 0 spiro atoms. The average molecular weight is 469 g/mol. The van der Waals surface area contributed by atoms with E-state index < -0.39 is 0 Å². The van der Waals surface area contributed by atoms with Crippen LogP contribution in [0.4, 0.5) is 0 Å². The number of benzene rings is 2. The van der Waals surface area contributed by atoms with Gasteiger partial charge in [-0.25, -0.2) is 4.79 Å². The molecule has 4 nitrogen and oxygen atoms in total. The van der Waals surface area contributed by atoms with Crippen LogP contribution >= 0.6 is 0 Å². The predicted octanol–water partition coefficient (Wildman–Crippen LogP) is 8.63. The van der Waals surface area contributed by atoms with E-state index in [9.17, 15) is 4.79 Å². The van der Waals surface area contributed by atoms with E-state index in [0.29, 0.717) is 30.4 Å². The summed E-state index contributed by atoms with van der Waals surface area (Å²) in [5.41, 5.74) is 0.503. The molecule has 0 saturated carbocycles. The van der Waals surface area contributed by atoms with Gasteiger partial charge in [0.2, 0.25) is 0 Å². The highest BCUT2D eigenvalue weighted by atomic mass is 16.5. The smallest absolute Gasteiger partial charge is 0.343 e. The van der Waals surface area contributed by atoms with E-state index in [1.165, 1.54) is 57.8 Å². The Bertz CT molecular complexity index is 782. The number of carbonyl (C=O) groups is 1. The fourth-order valence-electron chi connectivity index (χ4n) is 3.59.